The van der Waals surface area contributed by atoms with Crippen LogP contribution in [0.25, 0.3) is 46.4 Å². The molecule has 6 nitrogen and oxygen atoms in total. The van der Waals surface area contributed by atoms with Crippen LogP contribution < -0.4 is 0 Å². The molecule has 3 aromatic rings. The molecule has 8 bridgehead atoms. The third-order valence-corrected chi connectivity index (χ3v) is 6.49. The van der Waals surface area contributed by atoms with Crippen LogP contribution in [0, 0.1) is 0 Å². The van der Waals surface area contributed by atoms with Crippen molar-refractivity contribution in [2.75, 3.05) is 5.75 Å². The van der Waals surface area contributed by atoms with Gasteiger partial charge in [-0.2, -0.15) is 0 Å². The van der Waals surface area contributed by atoms with E-state index in [4.69, 9.17) is 0 Å². The highest BCUT2D eigenvalue weighted by Crippen LogP contribution is 2.23. The summed E-state index contributed by atoms with van der Waals surface area (Å²) in [6.45, 7) is 3.57. The lowest BCUT2D eigenvalue weighted by molar-refractivity contribution is 0.600. The minimum absolute atomic E-state index is 0.138. The molecule has 0 amide bonds. The molecule has 3 aromatic heterocycles. The third kappa shape index (κ3) is 3.51. The van der Waals surface area contributed by atoms with E-state index in [9.17, 15) is 8.42 Å². The van der Waals surface area contributed by atoms with Crippen LogP contribution >= 0.6 is 0 Å². The number of sulfone groups is 1. The molecule has 0 atom stereocenters. The Kier molecular flexibility index (Phi) is 4.25. The molecule has 0 unspecified atom stereocenters. The van der Waals surface area contributed by atoms with Gasteiger partial charge in [0.1, 0.15) is 0 Å². The van der Waals surface area contributed by atoms with Crippen LogP contribution in [0.1, 0.15) is 22.8 Å². The lowest BCUT2D eigenvalue weighted by Gasteiger charge is -1.97. The molecule has 0 aromatic carbocycles. The Hall–Kier alpha value is -3.71. The van der Waals surface area contributed by atoms with Gasteiger partial charge in [-0.25, -0.2) is 18.4 Å². The molecule has 148 valence electrons. The summed E-state index contributed by atoms with van der Waals surface area (Å²) in [5, 5.41) is 0. The van der Waals surface area contributed by atoms with Crippen LogP contribution in [0.2, 0.25) is 0 Å². The monoisotopic (exact) mass is 414 g/mol. The number of hydrogen-bond acceptors (Lipinski definition) is 4. The van der Waals surface area contributed by atoms with Crippen molar-refractivity contribution in [1.29, 1.82) is 0 Å². The quantitative estimate of drug-likeness (QED) is 0.422. The van der Waals surface area contributed by atoms with E-state index in [0.29, 0.717) is 16.7 Å². The van der Waals surface area contributed by atoms with E-state index >= 15 is 0 Å². The maximum Gasteiger partial charge on any atom is 0.184 e. The van der Waals surface area contributed by atoms with Crippen LogP contribution in [-0.2, 0) is 9.84 Å². The summed E-state index contributed by atoms with van der Waals surface area (Å²) in [6, 6.07) is 13.1. The zero-order valence-electron chi connectivity index (χ0n) is 16.0. The number of fused-ring (bicyclic) bond motifs is 8. The van der Waals surface area contributed by atoms with Crippen molar-refractivity contribution >= 4 is 56.2 Å². The van der Waals surface area contributed by atoms with Crippen molar-refractivity contribution in [2.24, 2.45) is 0 Å². The number of aromatic nitrogens is 4. The number of H-pyrrole nitrogens is 2. The Labute approximate surface area is 173 Å². The maximum absolute atomic E-state index is 12.8. The van der Waals surface area contributed by atoms with Gasteiger partial charge < -0.3 is 9.97 Å². The smallest absolute Gasteiger partial charge is 0.184 e. The van der Waals surface area contributed by atoms with Gasteiger partial charge in [-0.15, -0.1) is 6.58 Å². The van der Waals surface area contributed by atoms with Crippen molar-refractivity contribution in [3.05, 3.63) is 77.9 Å². The zero-order chi connectivity index (χ0) is 20.7. The Morgan fingerprint density at radius 1 is 0.767 bits per heavy atom. The zero-order valence-corrected chi connectivity index (χ0v) is 16.8. The fourth-order valence-electron chi connectivity index (χ4n) is 3.49. The summed E-state index contributed by atoms with van der Waals surface area (Å²) in [6.07, 6.45) is 8.96. The van der Waals surface area contributed by atoms with Gasteiger partial charge in [-0.3, -0.25) is 0 Å². The minimum atomic E-state index is -3.52. The van der Waals surface area contributed by atoms with Crippen LogP contribution in [0.3, 0.4) is 0 Å². The summed E-state index contributed by atoms with van der Waals surface area (Å²) < 4.78 is 25.5. The minimum Gasteiger partial charge on any atom is -0.355 e. The largest absolute Gasteiger partial charge is 0.355 e. The average molecular weight is 414 g/mol. The molecule has 30 heavy (non-hydrogen) atoms. The van der Waals surface area contributed by atoms with E-state index in [2.05, 4.69) is 26.5 Å². The lowest BCUT2D eigenvalue weighted by atomic mass is 10.3. The van der Waals surface area contributed by atoms with Crippen molar-refractivity contribution in [3.8, 4) is 0 Å². The second kappa shape index (κ2) is 6.96. The lowest BCUT2D eigenvalue weighted by Crippen LogP contribution is -2.03. The Balaban J connectivity index is 1.86. The van der Waals surface area contributed by atoms with E-state index in [1.54, 1.807) is 12.1 Å². The van der Waals surface area contributed by atoms with Crippen molar-refractivity contribution in [2.45, 2.75) is 4.90 Å². The van der Waals surface area contributed by atoms with Gasteiger partial charge in [0, 0.05) is 16.6 Å². The van der Waals surface area contributed by atoms with Gasteiger partial charge in [0.25, 0.3) is 0 Å². The Morgan fingerprint density at radius 2 is 1.30 bits per heavy atom. The number of hydrogen-bond donors (Lipinski definition) is 2. The predicted octanol–water partition coefficient (Wildman–Crippen LogP) is 4.62. The van der Waals surface area contributed by atoms with Crippen LogP contribution in [0.5, 0.6) is 0 Å². The van der Waals surface area contributed by atoms with Gasteiger partial charge in [0.2, 0.25) is 0 Å². The first-order chi connectivity index (χ1) is 14.5. The van der Waals surface area contributed by atoms with Gasteiger partial charge in [0.15, 0.2) is 9.84 Å². The number of aromatic amines is 2. The summed E-state index contributed by atoms with van der Waals surface area (Å²) >= 11 is 0. The highest BCUT2D eigenvalue weighted by molar-refractivity contribution is 7.91. The first-order valence-corrected chi connectivity index (χ1v) is 11.1. The molecule has 5 rings (SSSR count). The molecule has 0 spiro atoms. The molecular formula is C23H18N4O2S. The second-order valence-electron chi connectivity index (χ2n) is 7.11. The number of rotatable bonds is 3. The van der Waals surface area contributed by atoms with E-state index < -0.39 is 9.84 Å². The molecule has 0 aliphatic carbocycles. The molecule has 5 heterocycles. The van der Waals surface area contributed by atoms with Crippen LogP contribution in [0.15, 0.2) is 60.0 Å². The molecule has 0 saturated carbocycles. The van der Waals surface area contributed by atoms with Gasteiger partial charge in [-0.05, 0) is 66.8 Å². The highest BCUT2D eigenvalue weighted by atomic mass is 32.2. The summed E-state index contributed by atoms with van der Waals surface area (Å²) in [5.41, 5.74) is 6.01. The van der Waals surface area contributed by atoms with E-state index in [1.807, 2.05) is 54.6 Å². The molecule has 2 N–H and O–H groups in total. The average Bonchev–Trinajstić information content (AvgIpc) is 3.46. The first-order valence-electron chi connectivity index (χ1n) is 9.41. The maximum atomic E-state index is 12.8. The predicted molar refractivity (Wildman–Crippen MR) is 121 cm³/mol. The van der Waals surface area contributed by atoms with Crippen molar-refractivity contribution in [3.63, 3.8) is 0 Å². The fourth-order valence-corrected chi connectivity index (χ4v) is 4.73. The molecule has 0 saturated heterocycles. The van der Waals surface area contributed by atoms with Crippen LogP contribution in [-0.4, -0.2) is 34.1 Å². The van der Waals surface area contributed by atoms with Gasteiger partial charge in [-0.1, -0.05) is 6.08 Å². The van der Waals surface area contributed by atoms with Crippen molar-refractivity contribution in [1.82, 2.24) is 19.9 Å². The van der Waals surface area contributed by atoms with Crippen LogP contribution in [0.4, 0.5) is 0 Å². The van der Waals surface area contributed by atoms with Gasteiger partial charge >= 0.3 is 0 Å². The molecule has 2 aliphatic rings. The summed E-state index contributed by atoms with van der Waals surface area (Å²) in [4.78, 5) is 15.9. The third-order valence-electron chi connectivity index (χ3n) is 4.80. The molecule has 0 radical (unpaired) electrons. The first kappa shape index (κ1) is 18.3. The standard InChI is InChI=1S/C23H18N4O2S/c1-2-9-30(28,29)23-14-21-12-19-6-5-17(25-19)10-15-3-4-16(24-15)11-18-7-8-20(26-18)13-22(23)27-21/h2-8,10-14,24,27H,1,9H2. The number of nitrogens with zero attached hydrogens (tertiary/aromatic N) is 2. The highest BCUT2D eigenvalue weighted by Gasteiger charge is 2.17. The fraction of sp³-hybridized carbons (Fsp3) is 0.0435. The van der Waals surface area contributed by atoms with E-state index in [1.165, 1.54) is 6.08 Å². The summed E-state index contributed by atoms with van der Waals surface area (Å²) in [7, 11) is -3.52. The summed E-state index contributed by atoms with van der Waals surface area (Å²) in [5.74, 6) is -0.138. The Bertz CT molecular complexity index is 1500. The molecule has 2 aliphatic heterocycles. The number of nitrogens with one attached hydrogen (secondary N) is 2. The van der Waals surface area contributed by atoms with E-state index in [0.717, 1.165) is 28.1 Å². The van der Waals surface area contributed by atoms with E-state index in [-0.39, 0.29) is 10.6 Å². The second-order valence-corrected chi connectivity index (χ2v) is 9.11. The van der Waals surface area contributed by atoms with Crippen molar-refractivity contribution < 1.29 is 8.42 Å². The molecule has 0 fully saturated rings. The molecule has 7 heteroatoms. The van der Waals surface area contributed by atoms with Gasteiger partial charge in [0.05, 0.1) is 38.9 Å². The molecular weight excluding hydrogens is 396 g/mol. The normalized spacial score (nSPS) is 12.9. The SMILES string of the molecule is C=CCS(=O)(=O)c1cc2cc3nc(cc4ccc(cc5nc(cc1[nH]2)C=C5)[nH]4)C=C3. The topological polar surface area (TPSA) is 91.5 Å². The Morgan fingerprint density at radius 3 is 1.87 bits per heavy atom.